The van der Waals surface area contributed by atoms with Crippen molar-refractivity contribution in [2.75, 3.05) is 25.1 Å². The topological polar surface area (TPSA) is 55.3 Å². The van der Waals surface area contributed by atoms with Gasteiger partial charge in [0, 0.05) is 6.20 Å². The van der Waals surface area contributed by atoms with Crippen molar-refractivity contribution in [2.45, 2.75) is 5.92 Å². The molecule has 1 aliphatic rings. The van der Waals surface area contributed by atoms with Crippen molar-refractivity contribution in [1.82, 2.24) is 9.97 Å². The zero-order valence-corrected chi connectivity index (χ0v) is 8.48. The number of hydrogen-bond donors (Lipinski definition) is 0. The number of anilines is 1. The van der Waals surface area contributed by atoms with Gasteiger partial charge in [-0.25, -0.2) is 23.5 Å². The number of aromatic nitrogens is 2. The molecule has 1 aromatic rings. The minimum Gasteiger partial charge on any atom is -0.463 e. The lowest BCUT2D eigenvalue weighted by molar-refractivity contribution is -0.0267. The molecule has 0 N–H and O–H groups in total. The lowest BCUT2D eigenvalue weighted by Gasteiger charge is -2.39. The quantitative estimate of drug-likeness (QED) is 0.699. The SMILES string of the molecule is COC(=O)c1nccc(N2CC(F)(F)C2)n1. The molecule has 0 saturated carbocycles. The van der Waals surface area contributed by atoms with Crippen LogP contribution in [0, 0.1) is 0 Å². The lowest BCUT2D eigenvalue weighted by atomic mass is 10.1. The normalized spacial score (nSPS) is 17.8. The summed E-state index contributed by atoms with van der Waals surface area (Å²) in [6.45, 7) is -0.769. The Kier molecular flexibility index (Phi) is 2.45. The summed E-state index contributed by atoms with van der Waals surface area (Å²) < 4.78 is 29.7. The van der Waals surface area contributed by atoms with Crippen molar-refractivity contribution in [3.8, 4) is 0 Å². The van der Waals surface area contributed by atoms with Gasteiger partial charge in [0.15, 0.2) is 0 Å². The van der Waals surface area contributed by atoms with Gasteiger partial charge in [0.05, 0.1) is 20.2 Å². The van der Waals surface area contributed by atoms with Gasteiger partial charge >= 0.3 is 5.97 Å². The Morgan fingerprint density at radius 2 is 2.25 bits per heavy atom. The third kappa shape index (κ3) is 1.93. The van der Waals surface area contributed by atoms with Crippen LogP contribution in [0.5, 0.6) is 0 Å². The summed E-state index contributed by atoms with van der Waals surface area (Å²) in [5, 5.41) is 0. The van der Waals surface area contributed by atoms with Crippen LogP contribution in [0.25, 0.3) is 0 Å². The highest BCUT2D eigenvalue weighted by molar-refractivity contribution is 5.85. The van der Waals surface area contributed by atoms with E-state index in [1.54, 1.807) is 0 Å². The molecule has 2 heterocycles. The largest absolute Gasteiger partial charge is 0.463 e. The van der Waals surface area contributed by atoms with Crippen molar-refractivity contribution < 1.29 is 18.3 Å². The van der Waals surface area contributed by atoms with Gasteiger partial charge in [0.2, 0.25) is 5.82 Å². The van der Waals surface area contributed by atoms with Crippen LogP contribution in [0.2, 0.25) is 0 Å². The lowest BCUT2D eigenvalue weighted by Crippen LogP contribution is -2.56. The molecule has 7 heteroatoms. The number of halogens is 2. The van der Waals surface area contributed by atoms with E-state index in [0.29, 0.717) is 5.82 Å². The summed E-state index contributed by atoms with van der Waals surface area (Å²) in [7, 11) is 1.20. The van der Waals surface area contributed by atoms with Crippen molar-refractivity contribution >= 4 is 11.8 Å². The molecule has 0 aromatic carbocycles. The van der Waals surface area contributed by atoms with Gasteiger partial charge in [-0.1, -0.05) is 0 Å². The molecule has 1 saturated heterocycles. The van der Waals surface area contributed by atoms with Gasteiger partial charge in [-0.15, -0.1) is 0 Å². The number of hydrogen-bond acceptors (Lipinski definition) is 5. The highest BCUT2D eigenvalue weighted by Crippen LogP contribution is 2.30. The van der Waals surface area contributed by atoms with Gasteiger partial charge in [-0.05, 0) is 6.07 Å². The molecule has 0 aliphatic carbocycles. The Balaban J connectivity index is 2.15. The predicted molar refractivity (Wildman–Crippen MR) is 50.5 cm³/mol. The second kappa shape index (κ2) is 3.66. The van der Waals surface area contributed by atoms with Crippen molar-refractivity contribution in [3.05, 3.63) is 18.1 Å². The molecule has 1 aromatic heterocycles. The van der Waals surface area contributed by atoms with Crippen LogP contribution in [0.1, 0.15) is 10.6 Å². The van der Waals surface area contributed by atoms with Crippen LogP contribution < -0.4 is 4.90 Å². The Morgan fingerprint density at radius 3 is 2.81 bits per heavy atom. The summed E-state index contributed by atoms with van der Waals surface area (Å²) in [5.74, 6) is -3.18. The third-order valence-corrected chi connectivity index (χ3v) is 2.18. The standard InChI is InChI=1S/C9H9F2N3O2/c1-16-8(15)7-12-3-2-6(13-7)14-4-9(10,11)5-14/h2-3H,4-5H2,1H3. The second-order valence-electron chi connectivity index (χ2n) is 3.44. The fourth-order valence-electron chi connectivity index (χ4n) is 1.39. The second-order valence-corrected chi connectivity index (χ2v) is 3.44. The minimum atomic E-state index is -2.67. The van der Waals surface area contributed by atoms with Crippen molar-refractivity contribution in [3.63, 3.8) is 0 Å². The molecular weight excluding hydrogens is 220 g/mol. The molecule has 0 unspecified atom stereocenters. The first kappa shape index (κ1) is 10.7. The number of nitrogens with zero attached hydrogens (tertiary/aromatic N) is 3. The summed E-state index contributed by atoms with van der Waals surface area (Å²) in [5.41, 5.74) is 0. The van der Waals surface area contributed by atoms with Gasteiger partial charge in [0.25, 0.3) is 5.92 Å². The molecule has 16 heavy (non-hydrogen) atoms. The van der Waals surface area contributed by atoms with Crippen LogP contribution in [-0.4, -0.2) is 42.1 Å². The number of carbonyl (C=O) groups excluding carboxylic acids is 1. The zero-order valence-electron chi connectivity index (χ0n) is 8.48. The van der Waals surface area contributed by atoms with E-state index in [-0.39, 0.29) is 18.9 Å². The Hall–Kier alpha value is -1.79. The molecule has 0 bridgehead atoms. The molecule has 0 spiro atoms. The molecule has 1 fully saturated rings. The Bertz CT molecular complexity index is 417. The number of methoxy groups -OCH3 is 1. The molecule has 2 rings (SSSR count). The van der Waals surface area contributed by atoms with Crippen LogP contribution in [-0.2, 0) is 4.74 Å². The van der Waals surface area contributed by atoms with E-state index < -0.39 is 11.9 Å². The number of ether oxygens (including phenoxy) is 1. The molecule has 5 nitrogen and oxygen atoms in total. The van der Waals surface area contributed by atoms with Crippen molar-refractivity contribution in [1.29, 1.82) is 0 Å². The highest BCUT2D eigenvalue weighted by Gasteiger charge is 2.44. The van der Waals surface area contributed by atoms with E-state index in [0.717, 1.165) is 0 Å². The van der Waals surface area contributed by atoms with Crippen LogP contribution in [0.15, 0.2) is 12.3 Å². The maximum absolute atomic E-state index is 12.6. The third-order valence-electron chi connectivity index (χ3n) is 2.18. The number of alkyl halides is 2. The van der Waals surface area contributed by atoms with Gasteiger partial charge < -0.3 is 9.64 Å². The smallest absolute Gasteiger partial charge is 0.376 e. The summed E-state index contributed by atoms with van der Waals surface area (Å²) in [6, 6.07) is 1.47. The van der Waals surface area contributed by atoms with Crippen LogP contribution >= 0.6 is 0 Å². The maximum Gasteiger partial charge on any atom is 0.376 e. The Labute approximate surface area is 90.1 Å². The van der Waals surface area contributed by atoms with E-state index in [4.69, 9.17) is 0 Å². The van der Waals surface area contributed by atoms with Crippen LogP contribution in [0.4, 0.5) is 14.6 Å². The van der Waals surface area contributed by atoms with E-state index in [9.17, 15) is 13.6 Å². The zero-order chi connectivity index (χ0) is 11.8. The van der Waals surface area contributed by atoms with Gasteiger partial charge in [0.1, 0.15) is 5.82 Å². The van der Waals surface area contributed by atoms with E-state index in [2.05, 4.69) is 14.7 Å². The summed E-state index contributed by atoms with van der Waals surface area (Å²) >= 11 is 0. The van der Waals surface area contributed by atoms with E-state index >= 15 is 0 Å². The monoisotopic (exact) mass is 229 g/mol. The van der Waals surface area contributed by atoms with E-state index in [1.165, 1.54) is 24.3 Å². The van der Waals surface area contributed by atoms with Gasteiger partial charge in [-0.3, -0.25) is 0 Å². The molecule has 0 atom stereocenters. The fourth-order valence-corrected chi connectivity index (χ4v) is 1.39. The molecule has 86 valence electrons. The number of rotatable bonds is 2. The average Bonchev–Trinajstić information content (AvgIpc) is 2.25. The Morgan fingerprint density at radius 1 is 1.56 bits per heavy atom. The number of carbonyl (C=O) groups is 1. The molecular formula is C9H9F2N3O2. The highest BCUT2D eigenvalue weighted by atomic mass is 19.3. The molecule has 0 radical (unpaired) electrons. The summed E-state index contributed by atoms with van der Waals surface area (Å²) in [6.07, 6.45) is 1.34. The van der Waals surface area contributed by atoms with Gasteiger partial charge in [-0.2, -0.15) is 0 Å². The maximum atomic E-state index is 12.6. The predicted octanol–water partition coefficient (Wildman–Crippen LogP) is 0.719. The first-order valence-electron chi connectivity index (χ1n) is 4.56. The van der Waals surface area contributed by atoms with Crippen molar-refractivity contribution in [2.24, 2.45) is 0 Å². The first-order valence-corrected chi connectivity index (χ1v) is 4.56. The van der Waals surface area contributed by atoms with E-state index in [1.807, 2.05) is 0 Å². The molecule has 0 amide bonds. The minimum absolute atomic E-state index is 0.129. The first-order chi connectivity index (χ1) is 7.52. The number of esters is 1. The fraction of sp³-hybridized carbons (Fsp3) is 0.444. The average molecular weight is 229 g/mol. The molecule has 1 aliphatic heterocycles. The van der Waals surface area contributed by atoms with Crippen LogP contribution in [0.3, 0.4) is 0 Å². The summed E-state index contributed by atoms with van der Waals surface area (Å²) in [4.78, 5) is 20.0.